The molecular formula is C18H26N4O2. The Balaban J connectivity index is 1.66. The Morgan fingerprint density at radius 2 is 2.12 bits per heavy atom. The van der Waals surface area contributed by atoms with Crippen LogP contribution in [0, 0.1) is 5.92 Å². The molecule has 0 spiro atoms. The number of pyridine rings is 1. The van der Waals surface area contributed by atoms with E-state index in [0.29, 0.717) is 24.7 Å². The predicted octanol–water partition coefficient (Wildman–Crippen LogP) is 2.03. The Labute approximate surface area is 143 Å². The zero-order chi connectivity index (χ0) is 16.9. The summed E-state index contributed by atoms with van der Waals surface area (Å²) in [5, 5.41) is 6.32. The third-order valence-corrected chi connectivity index (χ3v) is 4.93. The molecule has 1 atom stereocenters. The topological polar surface area (TPSA) is 74.3 Å². The fraction of sp³-hybridized carbons (Fsp3) is 0.611. The fourth-order valence-electron chi connectivity index (χ4n) is 3.39. The lowest BCUT2D eigenvalue weighted by Gasteiger charge is -2.33. The molecule has 24 heavy (non-hydrogen) atoms. The van der Waals surface area contributed by atoms with Crippen molar-refractivity contribution in [3.63, 3.8) is 0 Å². The number of amides is 2. The van der Waals surface area contributed by atoms with E-state index in [2.05, 4.69) is 15.6 Å². The Morgan fingerprint density at radius 1 is 1.29 bits per heavy atom. The van der Waals surface area contributed by atoms with Gasteiger partial charge in [-0.15, -0.1) is 0 Å². The number of nitrogens with zero attached hydrogens (tertiary/aromatic N) is 2. The average Bonchev–Trinajstić information content (AvgIpc) is 2.53. The minimum Gasteiger partial charge on any atom is -0.383 e. The second-order valence-corrected chi connectivity index (χ2v) is 6.87. The van der Waals surface area contributed by atoms with Gasteiger partial charge in [0.25, 0.3) is 5.91 Å². The number of anilines is 1. The Hall–Kier alpha value is -2.11. The molecule has 1 aromatic rings. The Morgan fingerprint density at radius 3 is 2.83 bits per heavy atom. The zero-order valence-electron chi connectivity index (χ0n) is 14.3. The summed E-state index contributed by atoms with van der Waals surface area (Å²) in [6.07, 6.45) is 7.31. The summed E-state index contributed by atoms with van der Waals surface area (Å²) in [5.74, 6) is 0.615. The molecule has 0 radical (unpaired) electrons. The molecule has 1 unspecified atom stereocenters. The second-order valence-electron chi connectivity index (χ2n) is 6.87. The van der Waals surface area contributed by atoms with E-state index in [0.717, 1.165) is 25.1 Å². The third kappa shape index (κ3) is 4.04. The van der Waals surface area contributed by atoms with Crippen molar-refractivity contribution in [2.75, 3.05) is 25.0 Å². The van der Waals surface area contributed by atoms with Gasteiger partial charge < -0.3 is 15.5 Å². The largest absolute Gasteiger partial charge is 0.383 e. The number of nitrogens with one attached hydrogen (secondary N) is 2. The smallest absolute Gasteiger partial charge is 0.274 e. The molecule has 130 valence electrons. The SMILES string of the molecule is CC(=O)NC1CCCN(C(=O)c2ncccc2NCC2CCC2)C1. The van der Waals surface area contributed by atoms with Crippen LogP contribution in [0.15, 0.2) is 18.3 Å². The van der Waals surface area contributed by atoms with E-state index >= 15 is 0 Å². The van der Waals surface area contributed by atoms with E-state index in [1.165, 1.54) is 26.2 Å². The second kappa shape index (κ2) is 7.64. The summed E-state index contributed by atoms with van der Waals surface area (Å²) in [6.45, 7) is 3.69. The molecule has 1 saturated heterocycles. The number of likely N-dealkylation sites (tertiary alicyclic amines) is 1. The van der Waals surface area contributed by atoms with Crippen LogP contribution in [0.25, 0.3) is 0 Å². The summed E-state index contributed by atoms with van der Waals surface area (Å²) >= 11 is 0. The normalized spacial score (nSPS) is 21.0. The first-order chi connectivity index (χ1) is 11.6. The van der Waals surface area contributed by atoms with E-state index in [1.54, 1.807) is 11.1 Å². The van der Waals surface area contributed by atoms with Crippen LogP contribution < -0.4 is 10.6 Å². The summed E-state index contributed by atoms with van der Waals surface area (Å²) < 4.78 is 0. The molecule has 6 heteroatoms. The van der Waals surface area contributed by atoms with E-state index in [-0.39, 0.29) is 17.9 Å². The maximum absolute atomic E-state index is 12.9. The van der Waals surface area contributed by atoms with E-state index in [4.69, 9.17) is 0 Å². The maximum Gasteiger partial charge on any atom is 0.274 e. The van der Waals surface area contributed by atoms with Crippen LogP contribution in [-0.4, -0.2) is 47.4 Å². The van der Waals surface area contributed by atoms with Crippen molar-refractivity contribution in [1.82, 2.24) is 15.2 Å². The average molecular weight is 330 g/mol. The van der Waals surface area contributed by atoms with Gasteiger partial charge in [-0.1, -0.05) is 6.42 Å². The lowest BCUT2D eigenvalue weighted by Crippen LogP contribution is -2.49. The molecule has 1 aromatic heterocycles. The van der Waals surface area contributed by atoms with Gasteiger partial charge in [0.2, 0.25) is 5.91 Å². The number of carbonyl (C=O) groups excluding carboxylic acids is 2. The van der Waals surface area contributed by atoms with Crippen LogP contribution in [0.1, 0.15) is 49.5 Å². The van der Waals surface area contributed by atoms with Gasteiger partial charge in [0.1, 0.15) is 0 Å². The van der Waals surface area contributed by atoms with Gasteiger partial charge in [0, 0.05) is 38.8 Å². The van der Waals surface area contributed by atoms with Gasteiger partial charge in [-0.3, -0.25) is 9.59 Å². The minimum absolute atomic E-state index is 0.0373. The highest BCUT2D eigenvalue weighted by molar-refractivity contribution is 5.97. The van der Waals surface area contributed by atoms with Crippen LogP contribution in [0.2, 0.25) is 0 Å². The quantitative estimate of drug-likeness (QED) is 0.866. The lowest BCUT2D eigenvalue weighted by molar-refractivity contribution is -0.120. The molecule has 2 N–H and O–H groups in total. The molecule has 6 nitrogen and oxygen atoms in total. The molecule has 2 aliphatic rings. The van der Waals surface area contributed by atoms with Gasteiger partial charge in [0.15, 0.2) is 5.69 Å². The highest BCUT2D eigenvalue weighted by Gasteiger charge is 2.27. The predicted molar refractivity (Wildman–Crippen MR) is 92.8 cm³/mol. The first-order valence-corrected chi connectivity index (χ1v) is 8.88. The number of hydrogen-bond acceptors (Lipinski definition) is 4. The van der Waals surface area contributed by atoms with E-state index < -0.39 is 0 Å². The molecule has 2 heterocycles. The van der Waals surface area contributed by atoms with Crippen molar-refractivity contribution in [3.05, 3.63) is 24.0 Å². The minimum atomic E-state index is -0.0539. The molecule has 1 aliphatic carbocycles. The van der Waals surface area contributed by atoms with Crippen molar-refractivity contribution in [2.45, 2.75) is 45.1 Å². The number of piperidine rings is 1. The van der Waals surface area contributed by atoms with Gasteiger partial charge in [0.05, 0.1) is 5.69 Å². The number of aromatic nitrogens is 1. The van der Waals surface area contributed by atoms with Crippen LogP contribution in [0.5, 0.6) is 0 Å². The van der Waals surface area contributed by atoms with Crippen LogP contribution in [-0.2, 0) is 4.79 Å². The maximum atomic E-state index is 12.9. The molecule has 2 amide bonds. The fourth-order valence-corrected chi connectivity index (χ4v) is 3.39. The van der Waals surface area contributed by atoms with Gasteiger partial charge in [-0.25, -0.2) is 4.98 Å². The molecule has 0 aromatic carbocycles. The van der Waals surface area contributed by atoms with Crippen molar-refractivity contribution in [3.8, 4) is 0 Å². The van der Waals surface area contributed by atoms with Gasteiger partial charge in [-0.05, 0) is 43.7 Å². The summed E-state index contributed by atoms with van der Waals surface area (Å²) in [5.41, 5.74) is 1.30. The number of carbonyl (C=O) groups is 2. The third-order valence-electron chi connectivity index (χ3n) is 4.93. The monoisotopic (exact) mass is 330 g/mol. The molecule has 0 bridgehead atoms. The van der Waals surface area contributed by atoms with Crippen LogP contribution in [0.3, 0.4) is 0 Å². The molecule has 3 rings (SSSR count). The summed E-state index contributed by atoms with van der Waals surface area (Å²) in [4.78, 5) is 30.3. The van der Waals surface area contributed by atoms with Crippen LogP contribution in [0.4, 0.5) is 5.69 Å². The molecular weight excluding hydrogens is 304 g/mol. The standard InChI is InChI=1S/C18H26N4O2/c1-13(23)21-15-7-4-10-22(12-15)18(24)17-16(8-3-9-19-17)20-11-14-5-2-6-14/h3,8-9,14-15,20H,2,4-7,10-12H2,1H3,(H,21,23). The van der Waals surface area contributed by atoms with Crippen molar-refractivity contribution in [1.29, 1.82) is 0 Å². The number of rotatable bonds is 5. The first kappa shape index (κ1) is 16.7. The van der Waals surface area contributed by atoms with Crippen LogP contribution >= 0.6 is 0 Å². The van der Waals surface area contributed by atoms with E-state index in [9.17, 15) is 9.59 Å². The number of hydrogen-bond donors (Lipinski definition) is 2. The lowest BCUT2D eigenvalue weighted by atomic mass is 9.85. The van der Waals surface area contributed by atoms with Crippen molar-refractivity contribution >= 4 is 17.5 Å². The first-order valence-electron chi connectivity index (χ1n) is 8.88. The van der Waals surface area contributed by atoms with Crippen molar-refractivity contribution < 1.29 is 9.59 Å². The highest BCUT2D eigenvalue weighted by atomic mass is 16.2. The molecule has 1 saturated carbocycles. The molecule has 2 fully saturated rings. The van der Waals surface area contributed by atoms with Crippen molar-refractivity contribution in [2.24, 2.45) is 5.92 Å². The Kier molecular flexibility index (Phi) is 5.33. The van der Waals surface area contributed by atoms with Gasteiger partial charge >= 0.3 is 0 Å². The van der Waals surface area contributed by atoms with E-state index in [1.807, 2.05) is 12.1 Å². The summed E-state index contributed by atoms with van der Waals surface area (Å²) in [6, 6.07) is 3.82. The van der Waals surface area contributed by atoms with Gasteiger partial charge in [-0.2, -0.15) is 0 Å². The highest BCUT2D eigenvalue weighted by Crippen LogP contribution is 2.27. The summed E-state index contributed by atoms with van der Waals surface area (Å²) in [7, 11) is 0. The Bertz CT molecular complexity index is 600. The zero-order valence-corrected chi connectivity index (χ0v) is 14.3. The molecule has 1 aliphatic heterocycles.